The molecule has 2 aromatic rings. The van der Waals surface area contributed by atoms with Crippen molar-refractivity contribution in [3.63, 3.8) is 0 Å². The first-order chi connectivity index (χ1) is 9.08. The van der Waals surface area contributed by atoms with Crippen LogP contribution in [0.3, 0.4) is 0 Å². The van der Waals surface area contributed by atoms with Crippen LogP contribution >= 0.6 is 38.5 Å². The highest BCUT2D eigenvalue weighted by Crippen LogP contribution is 2.30. The third kappa shape index (κ3) is 2.10. The number of carbonyl (C=O) groups excluding carboxylic acids is 2. The fourth-order valence-corrected chi connectivity index (χ4v) is 2.95. The van der Waals surface area contributed by atoms with E-state index in [-0.39, 0.29) is 11.8 Å². The Kier molecular flexibility index (Phi) is 3.18. The topological polar surface area (TPSA) is 37.4 Å². The minimum absolute atomic E-state index is 0.269. The van der Waals surface area contributed by atoms with Gasteiger partial charge in [0.05, 0.1) is 16.8 Å². The summed E-state index contributed by atoms with van der Waals surface area (Å²) < 4.78 is 1.77. The molecule has 0 unspecified atom stereocenters. The number of amides is 2. The summed E-state index contributed by atoms with van der Waals surface area (Å²) in [5.74, 6) is -0.544. The highest BCUT2D eigenvalue weighted by Gasteiger charge is 2.36. The molecule has 0 aliphatic carbocycles. The molecule has 0 aromatic heterocycles. The number of anilines is 1. The molecule has 3 rings (SSSR count). The summed E-state index contributed by atoms with van der Waals surface area (Å²) in [5.41, 5.74) is 1.50. The largest absolute Gasteiger partial charge is 0.268 e. The normalized spacial score (nSPS) is 13.9. The quantitative estimate of drug-likeness (QED) is 0.512. The van der Waals surface area contributed by atoms with E-state index in [1.165, 1.54) is 4.90 Å². The zero-order chi connectivity index (χ0) is 13.6. The lowest BCUT2D eigenvalue weighted by atomic mass is 10.1. The molecule has 0 radical (unpaired) electrons. The predicted octanol–water partition coefficient (Wildman–Crippen LogP) is 3.85. The molecule has 3 nitrogen and oxygen atoms in total. The third-order valence-corrected chi connectivity index (χ3v) is 4.08. The number of hydrogen-bond donors (Lipinski definition) is 0. The van der Waals surface area contributed by atoms with Crippen molar-refractivity contribution < 1.29 is 9.59 Å². The lowest BCUT2D eigenvalue weighted by Gasteiger charge is -2.13. The van der Waals surface area contributed by atoms with Crippen molar-refractivity contribution in [3.05, 3.63) is 61.6 Å². The minimum Gasteiger partial charge on any atom is -0.268 e. The molecule has 1 heterocycles. The lowest BCUT2D eigenvalue weighted by Crippen LogP contribution is -2.29. The van der Waals surface area contributed by atoms with Crippen LogP contribution in [0.5, 0.6) is 0 Å². The number of nitrogens with zero attached hydrogens (tertiary/aromatic N) is 1. The Bertz CT molecular complexity index is 714. The summed E-state index contributed by atoms with van der Waals surface area (Å²) in [6, 6.07) is 12.4. The zero-order valence-corrected chi connectivity index (χ0v) is 13.3. The second kappa shape index (κ2) is 4.72. The van der Waals surface area contributed by atoms with Crippen LogP contribution in [-0.2, 0) is 0 Å². The summed E-state index contributed by atoms with van der Waals surface area (Å²) >= 11 is 5.47. The first-order valence-electron chi connectivity index (χ1n) is 5.52. The molecule has 0 atom stereocenters. The molecular weight excluding hydrogens is 421 g/mol. The fraction of sp³-hybridized carbons (Fsp3) is 0. The molecule has 2 amide bonds. The van der Waals surface area contributed by atoms with Gasteiger partial charge in [0.2, 0.25) is 0 Å². The van der Waals surface area contributed by atoms with Crippen LogP contribution < -0.4 is 4.90 Å². The lowest BCUT2D eigenvalue weighted by molar-refractivity contribution is 0.0926. The van der Waals surface area contributed by atoms with Gasteiger partial charge in [0.15, 0.2) is 0 Å². The highest BCUT2D eigenvalue weighted by atomic mass is 127. The van der Waals surface area contributed by atoms with Gasteiger partial charge in [-0.3, -0.25) is 9.59 Å². The number of carbonyl (C=O) groups is 2. The smallest absolute Gasteiger partial charge is 0.266 e. The van der Waals surface area contributed by atoms with Gasteiger partial charge in [0, 0.05) is 8.04 Å². The van der Waals surface area contributed by atoms with Crippen molar-refractivity contribution in [2.75, 3.05) is 4.90 Å². The van der Waals surface area contributed by atoms with Crippen LogP contribution in [0.2, 0.25) is 0 Å². The summed E-state index contributed by atoms with van der Waals surface area (Å²) in [4.78, 5) is 25.9. The van der Waals surface area contributed by atoms with Gasteiger partial charge < -0.3 is 0 Å². The van der Waals surface area contributed by atoms with Crippen molar-refractivity contribution in [3.8, 4) is 0 Å². The van der Waals surface area contributed by atoms with Gasteiger partial charge in [-0.2, -0.15) is 0 Å². The van der Waals surface area contributed by atoms with Crippen LogP contribution in [0.1, 0.15) is 20.7 Å². The maximum atomic E-state index is 12.4. The summed E-state index contributed by atoms with van der Waals surface area (Å²) in [5, 5.41) is 0. The van der Waals surface area contributed by atoms with Crippen LogP contribution in [0, 0.1) is 3.57 Å². The molecule has 0 spiro atoms. The summed E-state index contributed by atoms with van der Waals surface area (Å²) in [7, 11) is 0. The molecular formula is C14H7BrINO2. The van der Waals surface area contributed by atoms with Gasteiger partial charge in [0.1, 0.15) is 0 Å². The van der Waals surface area contributed by atoms with E-state index in [9.17, 15) is 9.59 Å². The number of imide groups is 1. The Morgan fingerprint density at radius 3 is 2.42 bits per heavy atom. The maximum absolute atomic E-state index is 12.4. The van der Waals surface area contributed by atoms with Crippen molar-refractivity contribution in [2.45, 2.75) is 0 Å². The summed E-state index contributed by atoms with van der Waals surface area (Å²) in [6.45, 7) is 0. The summed E-state index contributed by atoms with van der Waals surface area (Å²) in [6.07, 6.45) is 0. The minimum atomic E-state index is -0.275. The van der Waals surface area contributed by atoms with Crippen LogP contribution in [0.4, 0.5) is 5.69 Å². The molecule has 19 heavy (non-hydrogen) atoms. The number of rotatable bonds is 1. The van der Waals surface area contributed by atoms with E-state index in [1.54, 1.807) is 24.3 Å². The highest BCUT2D eigenvalue weighted by molar-refractivity contribution is 14.1. The zero-order valence-electron chi connectivity index (χ0n) is 9.56. The standard InChI is InChI=1S/C14H7BrINO2/c15-8-4-5-11-12(6-8)14(19)17(13(11)18)10-3-1-2-9(16)7-10/h1-7H. The average Bonchev–Trinajstić information content (AvgIpc) is 2.61. The van der Waals surface area contributed by atoms with Crippen LogP contribution in [0.15, 0.2) is 46.9 Å². The molecule has 0 N–H and O–H groups in total. The molecule has 2 aromatic carbocycles. The Morgan fingerprint density at radius 1 is 0.947 bits per heavy atom. The predicted molar refractivity (Wildman–Crippen MR) is 84.4 cm³/mol. The fourth-order valence-electron chi connectivity index (χ4n) is 2.06. The second-order valence-corrected chi connectivity index (χ2v) is 6.28. The van der Waals surface area contributed by atoms with Gasteiger partial charge in [-0.1, -0.05) is 22.0 Å². The Morgan fingerprint density at radius 2 is 1.68 bits per heavy atom. The van der Waals surface area contributed by atoms with Gasteiger partial charge in [-0.25, -0.2) is 4.90 Å². The van der Waals surface area contributed by atoms with Gasteiger partial charge in [-0.15, -0.1) is 0 Å². The van der Waals surface area contributed by atoms with Gasteiger partial charge in [0.25, 0.3) is 11.8 Å². The van der Waals surface area contributed by atoms with Gasteiger partial charge in [-0.05, 0) is 59.0 Å². The molecule has 0 saturated carbocycles. The molecule has 1 aliphatic heterocycles. The van der Waals surface area contributed by atoms with Crippen molar-refractivity contribution in [1.29, 1.82) is 0 Å². The van der Waals surface area contributed by atoms with Gasteiger partial charge >= 0.3 is 0 Å². The molecule has 0 saturated heterocycles. The van der Waals surface area contributed by atoms with E-state index in [4.69, 9.17) is 0 Å². The number of hydrogen-bond acceptors (Lipinski definition) is 2. The van der Waals surface area contributed by atoms with Crippen LogP contribution in [-0.4, -0.2) is 11.8 Å². The second-order valence-electron chi connectivity index (χ2n) is 4.12. The van der Waals surface area contributed by atoms with E-state index < -0.39 is 0 Å². The third-order valence-electron chi connectivity index (χ3n) is 2.92. The molecule has 0 fully saturated rings. The van der Waals surface area contributed by atoms with E-state index in [0.29, 0.717) is 16.8 Å². The van der Waals surface area contributed by atoms with Crippen molar-refractivity contribution >= 4 is 56.0 Å². The average molecular weight is 428 g/mol. The number of benzene rings is 2. The molecule has 94 valence electrons. The van der Waals surface area contributed by atoms with E-state index in [0.717, 1.165) is 8.04 Å². The Balaban J connectivity index is 2.13. The van der Waals surface area contributed by atoms with E-state index in [2.05, 4.69) is 38.5 Å². The van der Waals surface area contributed by atoms with Crippen LogP contribution in [0.25, 0.3) is 0 Å². The maximum Gasteiger partial charge on any atom is 0.266 e. The molecule has 1 aliphatic rings. The first-order valence-corrected chi connectivity index (χ1v) is 7.39. The van der Waals surface area contributed by atoms with Crippen molar-refractivity contribution in [2.24, 2.45) is 0 Å². The monoisotopic (exact) mass is 427 g/mol. The molecule has 5 heteroatoms. The number of fused-ring (bicyclic) bond motifs is 1. The number of halogens is 2. The molecule has 0 bridgehead atoms. The Hall–Kier alpha value is -1.21. The Labute approximate surface area is 131 Å². The van der Waals surface area contributed by atoms with Crippen molar-refractivity contribution in [1.82, 2.24) is 0 Å². The van der Waals surface area contributed by atoms with E-state index >= 15 is 0 Å². The SMILES string of the molecule is O=C1c2ccc(Br)cc2C(=O)N1c1cccc(I)c1. The first kappa shape index (κ1) is 12.8. The van der Waals surface area contributed by atoms with E-state index in [1.807, 2.05) is 18.2 Å².